The number of likely N-dealkylation sites (N-methyl/N-ethyl adjacent to an activating group) is 1. The first-order valence-electron chi connectivity index (χ1n) is 35.8. The number of ketones is 2. The summed E-state index contributed by atoms with van der Waals surface area (Å²) in [5.74, 6) is -4.39. The number of thioether (sulfide) groups is 2. The molecule has 8 atom stereocenters. The first-order valence-corrected chi connectivity index (χ1v) is 36.5. The lowest BCUT2D eigenvalue weighted by Gasteiger charge is -2.25. The summed E-state index contributed by atoms with van der Waals surface area (Å²) in [7, 11) is 0. The minimum Gasteiger partial charge on any atom is -0.463 e. The van der Waals surface area contributed by atoms with Crippen LogP contribution in [0.3, 0.4) is 0 Å². The number of likely N-dealkylation sites (tertiary alicyclic amines) is 2. The molecule has 0 radical (unpaired) electrons. The van der Waals surface area contributed by atoms with Crippen LogP contribution >= 0.6 is 23.5 Å². The number of primary amides is 3. The summed E-state index contributed by atoms with van der Waals surface area (Å²) < 4.78 is 26.0. The van der Waals surface area contributed by atoms with Gasteiger partial charge >= 0.3 is 18.1 Å². The number of amides is 16. The number of hydrogen-bond acceptors (Lipinski definition) is 20. The largest absolute Gasteiger partial charge is 0.463 e. The zero-order chi connectivity index (χ0) is 78.6. The Balaban J connectivity index is 0.000000830. The number of rotatable bonds is 45. The highest BCUT2D eigenvalue weighted by atomic mass is 32.2. The van der Waals surface area contributed by atoms with Crippen molar-refractivity contribution < 1.29 is 85.6 Å². The molecule has 16 amide bonds. The van der Waals surface area contributed by atoms with Crippen molar-refractivity contribution in [3.05, 3.63) is 29.8 Å². The number of carbonyl (C=O) groups excluding carboxylic acids is 16. The standard InChI is InChI=1S/C30H44N6O8S.C23H39N5O6S.C14H28N4O3/c1-19(2)26(35-24(38)9-5-4-6-15-36-25(39)16-23(45-3)29(36)42)28(41)34-22(8-7-14-32-30(31)43)27(40)33-21-12-10-20(11-13-21)17-44-18-37;1-14(2)20(21(32)26-16(15(3)29)9-8-11-25-23(24)34)27-18(30)10-6-5-7-12-28-19(31)13-17(35-4)22(28)33;1-5-16-12(9(2)3)13(20)18-11(10(4)19)7-6-8-17-14(15)21/h10-13,18-19,22-23,26H,4-9,14-17H2,1-3H3,(H,33,40)(H,34,41)(H,35,38)(H3,31,32,43);14,16-17,20H,5-13H2,1-4H3,(H,26,32)(H,27,30)(H3,24,25,34);9,11-12,16H,5-8H2,1-4H3,(H,18,20)(H3,15,17,21)/t22-,23?,26-;16-,17?,20-;11-,12-/m000/s1/i18D;3D;4D. The van der Waals surface area contributed by atoms with E-state index in [1.165, 1.54) is 33.3 Å². The molecule has 0 spiro atoms. The van der Waals surface area contributed by atoms with Gasteiger partial charge in [-0.05, 0) is 133 Å². The van der Waals surface area contributed by atoms with Gasteiger partial charge in [0.05, 0.1) is 28.6 Å². The van der Waals surface area contributed by atoms with Gasteiger partial charge in [0.2, 0.25) is 59.1 Å². The molecule has 0 bridgehead atoms. The van der Waals surface area contributed by atoms with Gasteiger partial charge in [-0.2, -0.15) is 23.5 Å². The molecule has 0 aliphatic carbocycles. The third-order valence-corrected chi connectivity index (χ3v) is 17.8. The van der Waals surface area contributed by atoms with E-state index in [1.807, 2.05) is 20.8 Å². The Labute approximate surface area is 605 Å². The monoisotopic (exact) mass is 1460 g/mol. The molecular weight excluding hydrogens is 1350 g/mol. The van der Waals surface area contributed by atoms with Crippen LogP contribution in [0.15, 0.2) is 24.3 Å². The number of nitrogens with one attached hydrogen (secondary N) is 10. The number of nitrogens with two attached hydrogens (primary N) is 3. The lowest BCUT2D eigenvalue weighted by Crippen LogP contribution is -2.54. The van der Waals surface area contributed by atoms with E-state index in [0.717, 1.165) is 0 Å². The number of anilines is 1. The van der Waals surface area contributed by atoms with E-state index in [1.54, 1.807) is 64.5 Å². The van der Waals surface area contributed by atoms with E-state index in [9.17, 15) is 76.7 Å². The minimum absolute atomic E-state index is 0.0863. The van der Waals surface area contributed by atoms with Gasteiger partial charge < -0.3 is 75.1 Å². The van der Waals surface area contributed by atoms with Crippen molar-refractivity contribution in [1.29, 1.82) is 0 Å². The lowest BCUT2D eigenvalue weighted by atomic mass is 10.0. The molecule has 568 valence electrons. The number of nitrogens with zero attached hydrogens (tertiary/aromatic N) is 2. The topological polar surface area (TPSA) is 487 Å². The Kier molecular flexibility index (Phi) is 42.1. The average molecular weight is 1470 g/mol. The van der Waals surface area contributed by atoms with Gasteiger partial charge in [-0.1, -0.05) is 73.4 Å². The van der Waals surface area contributed by atoms with Gasteiger partial charge in [-0.3, -0.25) is 72.1 Å². The van der Waals surface area contributed by atoms with Crippen LogP contribution in [0.1, 0.15) is 175 Å². The highest BCUT2D eigenvalue weighted by Gasteiger charge is 2.39. The number of unbranched alkanes of at least 4 members (excludes halogenated alkanes) is 4. The molecule has 0 saturated carbocycles. The zero-order valence-corrected chi connectivity index (χ0v) is 61.4. The number of ether oxygens (including phenoxy) is 1. The van der Waals surface area contributed by atoms with E-state index < -0.39 is 85.2 Å². The normalized spacial score (nSPS) is 16.2. The molecular formula is C67H111N15O17S2. The minimum atomic E-state index is -1.16. The van der Waals surface area contributed by atoms with Crippen LogP contribution in [-0.4, -0.2) is 204 Å². The summed E-state index contributed by atoms with van der Waals surface area (Å²) in [4.78, 5) is 195. The molecule has 101 heavy (non-hydrogen) atoms. The molecule has 1 aromatic rings. The molecule has 2 saturated heterocycles. The summed E-state index contributed by atoms with van der Waals surface area (Å²) in [5, 5.41) is 26.0. The van der Waals surface area contributed by atoms with Crippen LogP contribution in [-0.2, 0) is 73.7 Å². The first kappa shape index (κ1) is 85.0. The van der Waals surface area contributed by atoms with Gasteiger partial charge in [0, 0.05) is 66.8 Å². The number of carbonyl (C=O) groups is 16. The fourth-order valence-electron chi connectivity index (χ4n) is 10.3. The number of imide groups is 2. The second kappa shape index (κ2) is 50.0. The molecule has 16 N–H and O–H groups in total. The summed E-state index contributed by atoms with van der Waals surface area (Å²) in [5.41, 5.74) is 16.1. The Morgan fingerprint density at radius 2 is 0.921 bits per heavy atom. The molecule has 1 aromatic carbocycles. The van der Waals surface area contributed by atoms with Crippen molar-refractivity contribution in [2.45, 2.75) is 218 Å². The van der Waals surface area contributed by atoms with Gasteiger partial charge in [-0.25, -0.2) is 14.4 Å². The second-order valence-corrected chi connectivity index (χ2v) is 27.2. The van der Waals surface area contributed by atoms with E-state index in [4.69, 9.17) is 21.3 Å². The van der Waals surface area contributed by atoms with Crippen LogP contribution in [0.2, 0.25) is 0 Å². The zero-order valence-electron chi connectivity index (χ0n) is 62.7. The fraction of sp³-hybridized carbons (Fsp3) is 0.672. The van der Waals surface area contributed by atoms with Gasteiger partial charge in [0.25, 0.3) is 6.45 Å². The first-order chi connectivity index (χ1) is 49.2. The number of Topliss-reactive ketones (excluding diaryl/α,β-unsaturated/α-hetero) is 2. The third kappa shape index (κ3) is 36.7. The number of hydrogen-bond donors (Lipinski definition) is 13. The van der Waals surface area contributed by atoms with E-state index in [0.29, 0.717) is 102 Å². The average Bonchev–Trinajstić information content (AvgIpc) is 1.69. The van der Waals surface area contributed by atoms with Crippen LogP contribution in [0.25, 0.3) is 0 Å². The van der Waals surface area contributed by atoms with Crippen molar-refractivity contribution in [3.63, 3.8) is 0 Å². The second-order valence-electron chi connectivity index (χ2n) is 25.1. The molecule has 32 nitrogen and oxygen atoms in total. The Bertz CT molecular complexity index is 3010. The van der Waals surface area contributed by atoms with Gasteiger partial charge in [-0.15, -0.1) is 0 Å². The van der Waals surface area contributed by atoms with Crippen LogP contribution in [0.5, 0.6) is 0 Å². The van der Waals surface area contributed by atoms with E-state index >= 15 is 0 Å². The number of benzene rings is 1. The molecule has 2 unspecified atom stereocenters. The molecule has 34 heteroatoms. The van der Waals surface area contributed by atoms with Crippen molar-refractivity contribution in [3.8, 4) is 0 Å². The SMILES string of the molecule is [2H]C(=O)OCc1ccc(NC(=O)[C@H](CCCNC(N)=O)NC(=O)[C@@H](NC(=O)CCCCCN2C(=O)CC(SC)C2=O)C(C)C)cc1.[2H]CC(=O)[C@H](CCCNC(N)=O)NC(=O)[C@@H](NC(=O)CCCCCN1C(=O)CC(SC)C1=O)C(C)C.[2H]CC(=O)[C@H](CCCNC(N)=O)NC(=O)[C@@H](NCC)C(C)C. The van der Waals surface area contributed by atoms with Gasteiger partial charge in [0.1, 0.15) is 24.7 Å². The van der Waals surface area contributed by atoms with Crippen molar-refractivity contribution >= 4 is 124 Å². The lowest BCUT2D eigenvalue weighted by molar-refractivity contribution is -0.139. The summed E-state index contributed by atoms with van der Waals surface area (Å²) in [6, 6.07) is -0.420. The molecule has 0 aromatic heterocycles. The van der Waals surface area contributed by atoms with E-state index in [2.05, 4.69) is 57.9 Å². The predicted molar refractivity (Wildman–Crippen MR) is 384 cm³/mol. The maximum absolute atomic E-state index is 13.3. The maximum atomic E-state index is 13.3. The van der Waals surface area contributed by atoms with Crippen LogP contribution in [0.4, 0.5) is 20.1 Å². The van der Waals surface area contributed by atoms with Crippen LogP contribution in [0, 0.1) is 17.8 Å². The Morgan fingerprint density at radius 1 is 0.545 bits per heavy atom. The highest BCUT2D eigenvalue weighted by Crippen LogP contribution is 2.25. The molecule has 2 heterocycles. The Hall–Kier alpha value is -8.40. The molecule has 2 aliphatic rings. The smallest absolute Gasteiger partial charge is 0.312 e. The predicted octanol–water partition coefficient (Wildman–Crippen LogP) is 2.27. The number of urea groups is 3. The molecule has 2 aliphatic heterocycles. The molecule has 3 rings (SSSR count). The van der Waals surface area contributed by atoms with Crippen molar-refractivity contribution in [1.82, 2.24) is 57.7 Å². The summed E-state index contributed by atoms with van der Waals surface area (Å²) in [6.07, 6.45) is 8.64. The summed E-state index contributed by atoms with van der Waals surface area (Å²) >= 11 is 2.74. The van der Waals surface area contributed by atoms with Crippen molar-refractivity contribution in [2.24, 2.45) is 35.0 Å². The van der Waals surface area contributed by atoms with Gasteiger partial charge in [0.15, 0.2) is 12.9 Å². The quantitative estimate of drug-likeness (QED) is 0.0253. The third-order valence-electron chi connectivity index (χ3n) is 15.9. The van der Waals surface area contributed by atoms with Crippen LogP contribution < -0.4 is 70.4 Å². The van der Waals surface area contributed by atoms with E-state index in [-0.39, 0.29) is 147 Å². The van der Waals surface area contributed by atoms with Crippen molar-refractivity contribution in [2.75, 3.05) is 57.1 Å². The highest BCUT2D eigenvalue weighted by molar-refractivity contribution is 8.00. The Morgan fingerprint density at radius 3 is 1.26 bits per heavy atom. The maximum Gasteiger partial charge on any atom is 0.312 e. The molecule has 2 fully saturated rings. The summed E-state index contributed by atoms with van der Waals surface area (Å²) in [6.45, 7) is 13.9. The fourth-order valence-corrected chi connectivity index (χ4v) is 11.6.